The van der Waals surface area contributed by atoms with E-state index < -0.39 is 0 Å². The minimum Gasteiger partial charge on any atom is -0.494 e. The predicted octanol–water partition coefficient (Wildman–Crippen LogP) is 3.58. The average molecular weight is 443 g/mol. The highest BCUT2D eigenvalue weighted by Crippen LogP contribution is 2.10. The first-order valence-corrected chi connectivity index (χ1v) is 7.65. The van der Waals surface area contributed by atoms with Crippen molar-refractivity contribution in [3.8, 4) is 5.75 Å². The molecule has 0 unspecified atom stereocenters. The lowest BCUT2D eigenvalue weighted by atomic mass is 10.2. The van der Waals surface area contributed by atoms with E-state index in [0.717, 1.165) is 25.5 Å². The van der Waals surface area contributed by atoms with Crippen LogP contribution in [0.1, 0.15) is 12.0 Å². The van der Waals surface area contributed by atoms with E-state index in [1.807, 2.05) is 18.2 Å². The topological polar surface area (TPSA) is 45.7 Å². The molecule has 0 fully saturated rings. The van der Waals surface area contributed by atoms with E-state index in [1.165, 1.54) is 17.7 Å². The lowest BCUT2D eigenvalue weighted by Crippen LogP contribution is -2.37. The molecule has 0 spiro atoms. The van der Waals surface area contributed by atoms with Gasteiger partial charge in [0.05, 0.1) is 6.61 Å². The van der Waals surface area contributed by atoms with Crippen molar-refractivity contribution in [2.75, 3.05) is 20.2 Å². The highest BCUT2D eigenvalue weighted by Gasteiger charge is 1.98. The van der Waals surface area contributed by atoms with Gasteiger partial charge >= 0.3 is 0 Å². The van der Waals surface area contributed by atoms with Crippen LogP contribution in [-0.2, 0) is 6.54 Å². The third-order valence-electron chi connectivity index (χ3n) is 3.22. The smallest absolute Gasteiger partial charge is 0.191 e. The highest BCUT2D eigenvalue weighted by molar-refractivity contribution is 14.0. The fourth-order valence-corrected chi connectivity index (χ4v) is 2.00. The molecule has 0 bridgehead atoms. The summed E-state index contributed by atoms with van der Waals surface area (Å²) in [6, 6.07) is 16.2. The number of nitrogens with zero attached hydrogens (tertiary/aromatic N) is 1. The lowest BCUT2D eigenvalue weighted by molar-refractivity contribution is 0.310. The number of hydrogen-bond acceptors (Lipinski definition) is 2. The fourth-order valence-electron chi connectivity index (χ4n) is 2.00. The minimum absolute atomic E-state index is 0. The molecule has 0 heterocycles. The molecule has 0 amide bonds. The van der Waals surface area contributed by atoms with Crippen LogP contribution < -0.4 is 15.4 Å². The Hall–Kier alpha value is -1.83. The maximum absolute atomic E-state index is 12.8. The number of guanidine groups is 1. The van der Waals surface area contributed by atoms with Crippen LogP contribution in [0.25, 0.3) is 0 Å². The zero-order chi connectivity index (χ0) is 16.3. The summed E-state index contributed by atoms with van der Waals surface area (Å²) in [5.41, 5.74) is 1.20. The second-order valence-electron chi connectivity index (χ2n) is 4.99. The van der Waals surface area contributed by atoms with Gasteiger partial charge in [0.2, 0.25) is 0 Å². The van der Waals surface area contributed by atoms with Gasteiger partial charge in [-0.05, 0) is 36.2 Å². The summed E-state index contributed by atoms with van der Waals surface area (Å²) in [5.74, 6) is 1.18. The zero-order valence-electron chi connectivity index (χ0n) is 13.7. The molecule has 0 aliphatic carbocycles. The minimum atomic E-state index is -0.257. The SMILES string of the molecule is CN=C(NCCCOc1ccc(F)cc1)NCc1ccccc1.I. The predicted molar refractivity (Wildman–Crippen MR) is 107 cm³/mol. The lowest BCUT2D eigenvalue weighted by Gasteiger charge is -2.12. The van der Waals surface area contributed by atoms with Crippen LogP contribution in [0.3, 0.4) is 0 Å². The molecule has 130 valence electrons. The Morgan fingerprint density at radius 1 is 1.04 bits per heavy atom. The molecule has 0 aliphatic heterocycles. The van der Waals surface area contributed by atoms with Crippen LogP contribution in [0.15, 0.2) is 59.6 Å². The van der Waals surface area contributed by atoms with Gasteiger partial charge in [0.1, 0.15) is 11.6 Å². The molecule has 2 aromatic rings. The molecule has 2 aromatic carbocycles. The number of benzene rings is 2. The first-order chi connectivity index (χ1) is 11.3. The Balaban J connectivity index is 0.00000288. The molecule has 0 aliphatic rings. The summed E-state index contributed by atoms with van der Waals surface area (Å²) < 4.78 is 18.3. The molecule has 0 radical (unpaired) electrons. The monoisotopic (exact) mass is 443 g/mol. The normalized spacial score (nSPS) is 10.7. The molecular formula is C18H23FIN3O. The van der Waals surface area contributed by atoms with Crippen LogP contribution in [0.4, 0.5) is 4.39 Å². The van der Waals surface area contributed by atoms with Crippen molar-refractivity contribution in [2.24, 2.45) is 4.99 Å². The van der Waals surface area contributed by atoms with Gasteiger partial charge < -0.3 is 15.4 Å². The molecule has 0 saturated heterocycles. The molecule has 4 nitrogen and oxygen atoms in total. The summed E-state index contributed by atoms with van der Waals surface area (Å²) in [6.07, 6.45) is 0.823. The molecule has 6 heteroatoms. The van der Waals surface area contributed by atoms with Gasteiger partial charge in [0.25, 0.3) is 0 Å². The van der Waals surface area contributed by atoms with E-state index in [0.29, 0.717) is 12.4 Å². The molecule has 0 atom stereocenters. The van der Waals surface area contributed by atoms with E-state index >= 15 is 0 Å². The Kier molecular flexibility index (Phi) is 9.83. The second-order valence-corrected chi connectivity index (χ2v) is 4.99. The third kappa shape index (κ3) is 7.63. The number of halogens is 2. The first-order valence-electron chi connectivity index (χ1n) is 7.65. The van der Waals surface area contributed by atoms with E-state index in [2.05, 4.69) is 27.8 Å². The quantitative estimate of drug-likeness (QED) is 0.298. The van der Waals surface area contributed by atoms with Gasteiger partial charge in [-0.25, -0.2) is 4.39 Å². The number of hydrogen-bond donors (Lipinski definition) is 2. The number of aliphatic imine (C=N–C) groups is 1. The number of nitrogens with one attached hydrogen (secondary N) is 2. The van der Waals surface area contributed by atoms with Gasteiger partial charge in [-0.3, -0.25) is 4.99 Å². The van der Waals surface area contributed by atoms with Crippen molar-refractivity contribution in [2.45, 2.75) is 13.0 Å². The summed E-state index contributed by atoms with van der Waals surface area (Å²) in [4.78, 5) is 4.18. The largest absolute Gasteiger partial charge is 0.494 e. The molecule has 24 heavy (non-hydrogen) atoms. The van der Waals surface area contributed by atoms with Gasteiger partial charge in [-0.2, -0.15) is 0 Å². The molecule has 2 rings (SSSR count). The Morgan fingerprint density at radius 2 is 1.75 bits per heavy atom. The van der Waals surface area contributed by atoms with Crippen molar-refractivity contribution >= 4 is 29.9 Å². The van der Waals surface area contributed by atoms with Gasteiger partial charge in [-0.1, -0.05) is 30.3 Å². The summed E-state index contributed by atoms with van der Waals surface area (Å²) in [7, 11) is 1.75. The fraction of sp³-hybridized carbons (Fsp3) is 0.278. The van der Waals surface area contributed by atoms with E-state index in [1.54, 1.807) is 19.2 Å². The number of ether oxygens (including phenoxy) is 1. The summed E-state index contributed by atoms with van der Waals surface area (Å²) >= 11 is 0. The Morgan fingerprint density at radius 3 is 2.42 bits per heavy atom. The molecule has 2 N–H and O–H groups in total. The average Bonchev–Trinajstić information content (AvgIpc) is 2.60. The zero-order valence-corrected chi connectivity index (χ0v) is 16.0. The van der Waals surface area contributed by atoms with Gasteiger partial charge in [-0.15, -0.1) is 24.0 Å². The Bertz CT molecular complexity index is 605. The Labute approximate surface area is 159 Å². The maximum atomic E-state index is 12.8. The van der Waals surface area contributed by atoms with Crippen molar-refractivity contribution in [3.05, 3.63) is 66.0 Å². The van der Waals surface area contributed by atoms with Crippen LogP contribution in [0.2, 0.25) is 0 Å². The third-order valence-corrected chi connectivity index (χ3v) is 3.22. The van der Waals surface area contributed by atoms with Gasteiger partial charge in [0.15, 0.2) is 5.96 Å². The summed E-state index contributed by atoms with van der Waals surface area (Å²) in [6.45, 7) is 2.04. The van der Waals surface area contributed by atoms with Crippen LogP contribution in [-0.4, -0.2) is 26.2 Å². The van der Waals surface area contributed by atoms with Crippen molar-refractivity contribution in [1.29, 1.82) is 0 Å². The summed E-state index contributed by atoms with van der Waals surface area (Å²) in [5, 5.41) is 6.49. The van der Waals surface area contributed by atoms with Crippen molar-refractivity contribution in [3.63, 3.8) is 0 Å². The van der Waals surface area contributed by atoms with Gasteiger partial charge in [0, 0.05) is 20.1 Å². The van der Waals surface area contributed by atoms with Crippen LogP contribution in [0, 0.1) is 5.82 Å². The van der Waals surface area contributed by atoms with E-state index in [-0.39, 0.29) is 29.8 Å². The molecule has 0 saturated carbocycles. The standard InChI is InChI=1S/C18H22FN3O.HI/c1-20-18(22-14-15-6-3-2-4-7-15)21-12-5-13-23-17-10-8-16(19)9-11-17;/h2-4,6-11H,5,12-14H2,1H3,(H2,20,21,22);1H. The molecule has 0 aromatic heterocycles. The first kappa shape index (κ1) is 20.2. The van der Waals surface area contributed by atoms with Crippen LogP contribution >= 0.6 is 24.0 Å². The van der Waals surface area contributed by atoms with Crippen molar-refractivity contribution in [1.82, 2.24) is 10.6 Å². The number of rotatable bonds is 7. The van der Waals surface area contributed by atoms with E-state index in [4.69, 9.17) is 4.74 Å². The highest BCUT2D eigenvalue weighted by atomic mass is 127. The molecular weight excluding hydrogens is 420 g/mol. The van der Waals surface area contributed by atoms with E-state index in [9.17, 15) is 4.39 Å². The maximum Gasteiger partial charge on any atom is 0.191 e. The van der Waals surface area contributed by atoms with Crippen molar-refractivity contribution < 1.29 is 9.13 Å². The second kappa shape index (κ2) is 11.7. The van der Waals surface area contributed by atoms with Crippen LogP contribution in [0.5, 0.6) is 5.75 Å².